The van der Waals surface area contributed by atoms with E-state index in [0.717, 1.165) is 16.9 Å². The van der Waals surface area contributed by atoms with Crippen LogP contribution in [-0.4, -0.2) is 29.5 Å². The number of hydrogen-bond donors (Lipinski definition) is 2. The van der Waals surface area contributed by atoms with E-state index < -0.39 is 6.10 Å². The van der Waals surface area contributed by atoms with Gasteiger partial charge < -0.3 is 14.9 Å². The van der Waals surface area contributed by atoms with Crippen LogP contribution in [0.3, 0.4) is 0 Å². The normalized spacial score (nSPS) is 12.6. The average molecular weight is 196 g/mol. The minimum atomic E-state index is -0.810. The Labute approximate surface area is 84.0 Å². The lowest BCUT2D eigenvalue weighted by atomic mass is 10.1. The van der Waals surface area contributed by atoms with Crippen molar-refractivity contribution >= 4 is 0 Å². The molecule has 0 aliphatic carbocycles. The topological polar surface area (TPSA) is 49.7 Å². The molecule has 1 aromatic carbocycles. The van der Waals surface area contributed by atoms with Crippen molar-refractivity contribution in [2.45, 2.75) is 20.0 Å². The molecule has 3 heteroatoms. The van der Waals surface area contributed by atoms with Gasteiger partial charge in [-0.2, -0.15) is 0 Å². The molecule has 0 heterocycles. The van der Waals surface area contributed by atoms with E-state index in [-0.39, 0.29) is 13.2 Å². The fraction of sp³-hybridized carbons (Fsp3) is 0.455. The van der Waals surface area contributed by atoms with Gasteiger partial charge in [0, 0.05) is 0 Å². The third-order valence-corrected chi connectivity index (χ3v) is 1.99. The molecular formula is C11H16O3. The van der Waals surface area contributed by atoms with Gasteiger partial charge in [-0.3, -0.25) is 0 Å². The van der Waals surface area contributed by atoms with Gasteiger partial charge >= 0.3 is 0 Å². The van der Waals surface area contributed by atoms with Crippen molar-refractivity contribution in [1.29, 1.82) is 0 Å². The van der Waals surface area contributed by atoms with Crippen molar-refractivity contribution in [1.82, 2.24) is 0 Å². The van der Waals surface area contributed by atoms with Gasteiger partial charge in [0.15, 0.2) is 0 Å². The van der Waals surface area contributed by atoms with Gasteiger partial charge in [0.1, 0.15) is 18.5 Å². The predicted molar refractivity (Wildman–Crippen MR) is 54.5 cm³/mol. The molecule has 14 heavy (non-hydrogen) atoms. The van der Waals surface area contributed by atoms with E-state index in [9.17, 15) is 0 Å². The predicted octanol–water partition coefficient (Wildman–Crippen LogP) is 1.04. The number of hydrogen-bond acceptors (Lipinski definition) is 3. The smallest absolute Gasteiger partial charge is 0.122 e. The molecule has 1 atom stereocenters. The van der Waals surface area contributed by atoms with E-state index in [1.165, 1.54) is 0 Å². The Balaban J connectivity index is 2.62. The van der Waals surface area contributed by atoms with Crippen LogP contribution >= 0.6 is 0 Å². The monoisotopic (exact) mass is 196 g/mol. The number of ether oxygens (including phenoxy) is 1. The van der Waals surface area contributed by atoms with Crippen LogP contribution in [0, 0.1) is 13.8 Å². The Morgan fingerprint density at radius 1 is 1.36 bits per heavy atom. The zero-order valence-corrected chi connectivity index (χ0v) is 8.53. The molecule has 0 bridgehead atoms. The van der Waals surface area contributed by atoms with Crippen molar-refractivity contribution < 1.29 is 14.9 Å². The number of aliphatic hydroxyl groups is 2. The SMILES string of the molecule is Cc1ccc(C)c(OCC(O)CO)c1. The number of aliphatic hydroxyl groups excluding tert-OH is 2. The molecule has 0 aliphatic heterocycles. The van der Waals surface area contributed by atoms with Crippen LogP contribution in [0.2, 0.25) is 0 Å². The van der Waals surface area contributed by atoms with Crippen molar-refractivity contribution in [3.05, 3.63) is 29.3 Å². The van der Waals surface area contributed by atoms with Crippen molar-refractivity contribution in [3.63, 3.8) is 0 Å². The second kappa shape index (κ2) is 4.98. The zero-order valence-electron chi connectivity index (χ0n) is 8.53. The van der Waals surface area contributed by atoms with Crippen LogP contribution in [-0.2, 0) is 0 Å². The summed E-state index contributed by atoms with van der Waals surface area (Å²) in [6.45, 7) is 3.78. The summed E-state index contributed by atoms with van der Waals surface area (Å²) in [7, 11) is 0. The molecule has 0 saturated heterocycles. The summed E-state index contributed by atoms with van der Waals surface area (Å²) in [5, 5.41) is 17.7. The quantitative estimate of drug-likeness (QED) is 0.756. The average Bonchev–Trinajstić information content (AvgIpc) is 2.19. The largest absolute Gasteiger partial charge is 0.491 e. The Morgan fingerprint density at radius 3 is 2.71 bits per heavy atom. The van der Waals surface area contributed by atoms with Gasteiger partial charge in [-0.15, -0.1) is 0 Å². The van der Waals surface area contributed by atoms with Gasteiger partial charge in [0.05, 0.1) is 6.61 Å². The second-order valence-corrected chi connectivity index (χ2v) is 3.42. The minimum Gasteiger partial charge on any atom is -0.491 e. The third kappa shape index (κ3) is 3.01. The summed E-state index contributed by atoms with van der Waals surface area (Å²) in [6, 6.07) is 5.89. The summed E-state index contributed by atoms with van der Waals surface area (Å²) in [6.07, 6.45) is -0.810. The molecule has 0 amide bonds. The zero-order chi connectivity index (χ0) is 10.6. The van der Waals surface area contributed by atoms with E-state index in [2.05, 4.69) is 0 Å². The lowest BCUT2D eigenvalue weighted by Crippen LogP contribution is -2.21. The molecule has 2 N–H and O–H groups in total. The van der Waals surface area contributed by atoms with Crippen LogP contribution in [0.25, 0.3) is 0 Å². The molecule has 0 fully saturated rings. The number of rotatable bonds is 4. The first-order valence-electron chi connectivity index (χ1n) is 4.62. The van der Waals surface area contributed by atoms with E-state index in [1.54, 1.807) is 0 Å². The molecule has 1 aromatic rings. The van der Waals surface area contributed by atoms with Crippen LogP contribution in [0.5, 0.6) is 5.75 Å². The van der Waals surface area contributed by atoms with Gasteiger partial charge in [0.25, 0.3) is 0 Å². The second-order valence-electron chi connectivity index (χ2n) is 3.42. The molecule has 0 aliphatic rings. The van der Waals surface area contributed by atoms with Gasteiger partial charge in [0.2, 0.25) is 0 Å². The highest BCUT2D eigenvalue weighted by Crippen LogP contribution is 2.19. The Bertz CT molecular complexity index is 297. The molecule has 3 nitrogen and oxygen atoms in total. The number of benzene rings is 1. The standard InChI is InChI=1S/C11H16O3/c1-8-3-4-9(2)11(5-8)14-7-10(13)6-12/h3-5,10,12-13H,6-7H2,1-2H3. The highest BCUT2D eigenvalue weighted by molar-refractivity contribution is 5.35. The first kappa shape index (κ1) is 11.0. The van der Waals surface area contributed by atoms with Crippen LogP contribution in [0.1, 0.15) is 11.1 Å². The first-order valence-corrected chi connectivity index (χ1v) is 4.62. The molecule has 78 valence electrons. The maximum Gasteiger partial charge on any atom is 0.122 e. The van der Waals surface area contributed by atoms with Crippen LogP contribution < -0.4 is 4.74 Å². The minimum absolute atomic E-state index is 0.126. The molecule has 0 spiro atoms. The molecule has 0 aromatic heterocycles. The van der Waals surface area contributed by atoms with E-state index in [0.29, 0.717) is 0 Å². The van der Waals surface area contributed by atoms with E-state index >= 15 is 0 Å². The summed E-state index contributed by atoms with van der Waals surface area (Å²) in [5.74, 6) is 0.762. The molecule has 1 rings (SSSR count). The van der Waals surface area contributed by atoms with Crippen LogP contribution in [0.4, 0.5) is 0 Å². The maximum absolute atomic E-state index is 9.10. The molecular weight excluding hydrogens is 180 g/mol. The highest BCUT2D eigenvalue weighted by Gasteiger charge is 2.04. The lowest BCUT2D eigenvalue weighted by molar-refractivity contribution is 0.0534. The van der Waals surface area contributed by atoms with Crippen molar-refractivity contribution in [2.24, 2.45) is 0 Å². The Kier molecular flexibility index (Phi) is 3.92. The lowest BCUT2D eigenvalue weighted by Gasteiger charge is -2.12. The first-order chi connectivity index (χ1) is 6.63. The summed E-state index contributed by atoms with van der Waals surface area (Å²) in [4.78, 5) is 0. The van der Waals surface area contributed by atoms with Gasteiger partial charge in [-0.05, 0) is 31.0 Å². The van der Waals surface area contributed by atoms with Gasteiger partial charge in [-0.25, -0.2) is 0 Å². The van der Waals surface area contributed by atoms with Crippen molar-refractivity contribution in [2.75, 3.05) is 13.2 Å². The molecule has 0 saturated carbocycles. The summed E-state index contributed by atoms with van der Waals surface area (Å²) >= 11 is 0. The summed E-state index contributed by atoms with van der Waals surface area (Å²) in [5.41, 5.74) is 2.14. The molecule has 0 radical (unpaired) electrons. The highest BCUT2D eigenvalue weighted by atomic mass is 16.5. The van der Waals surface area contributed by atoms with E-state index in [1.807, 2.05) is 32.0 Å². The Hall–Kier alpha value is -1.06. The van der Waals surface area contributed by atoms with Gasteiger partial charge in [-0.1, -0.05) is 12.1 Å². The van der Waals surface area contributed by atoms with Crippen LogP contribution in [0.15, 0.2) is 18.2 Å². The molecule has 1 unspecified atom stereocenters. The number of aryl methyl sites for hydroxylation is 2. The van der Waals surface area contributed by atoms with E-state index in [4.69, 9.17) is 14.9 Å². The fourth-order valence-electron chi connectivity index (χ4n) is 1.10. The fourth-order valence-corrected chi connectivity index (χ4v) is 1.10. The summed E-state index contributed by atoms with van der Waals surface area (Å²) < 4.78 is 5.36. The Morgan fingerprint density at radius 2 is 2.07 bits per heavy atom. The third-order valence-electron chi connectivity index (χ3n) is 1.99. The van der Waals surface area contributed by atoms with Crippen molar-refractivity contribution in [3.8, 4) is 5.75 Å². The maximum atomic E-state index is 9.10.